The SMILES string of the molecule is Cc1c(C(=O)OCC(=O)N(C)CC(=O)NC(C)(C)C)cnn1-c1ccc(C(F)(F)F)cn1. The summed E-state index contributed by atoms with van der Waals surface area (Å²) in [6.45, 7) is 6.12. The van der Waals surface area contributed by atoms with Crippen LogP contribution in [0.3, 0.4) is 0 Å². The van der Waals surface area contributed by atoms with E-state index in [9.17, 15) is 27.6 Å². The summed E-state index contributed by atoms with van der Waals surface area (Å²) in [6, 6.07) is 1.98. The number of hydrogen-bond acceptors (Lipinski definition) is 6. The number of alkyl halides is 3. The van der Waals surface area contributed by atoms with Crippen molar-refractivity contribution in [2.75, 3.05) is 20.2 Å². The van der Waals surface area contributed by atoms with E-state index in [-0.39, 0.29) is 29.5 Å². The summed E-state index contributed by atoms with van der Waals surface area (Å²) in [6.07, 6.45) is -2.69. The van der Waals surface area contributed by atoms with E-state index in [1.54, 1.807) is 20.8 Å². The molecule has 2 aromatic heterocycles. The molecule has 0 saturated heterocycles. The molecule has 0 fully saturated rings. The second-order valence-electron chi connectivity index (χ2n) is 8.08. The predicted molar refractivity (Wildman–Crippen MR) is 107 cm³/mol. The topological polar surface area (TPSA) is 106 Å². The van der Waals surface area contributed by atoms with Gasteiger partial charge in [-0.3, -0.25) is 9.59 Å². The Balaban J connectivity index is 1.99. The molecule has 0 aliphatic rings. The molecular formula is C20H24F3N5O4. The van der Waals surface area contributed by atoms with Gasteiger partial charge in [0.15, 0.2) is 12.4 Å². The van der Waals surface area contributed by atoms with Crippen LogP contribution >= 0.6 is 0 Å². The van der Waals surface area contributed by atoms with Crippen molar-refractivity contribution in [3.05, 3.63) is 41.3 Å². The number of pyridine rings is 1. The Morgan fingerprint density at radius 1 is 1.16 bits per heavy atom. The minimum atomic E-state index is -4.52. The van der Waals surface area contributed by atoms with Crippen molar-refractivity contribution in [1.82, 2.24) is 25.0 Å². The summed E-state index contributed by atoms with van der Waals surface area (Å²) in [5, 5.41) is 6.67. The molecule has 1 N–H and O–H groups in total. The molecule has 0 radical (unpaired) electrons. The molecule has 0 aliphatic heterocycles. The first-order valence-electron chi connectivity index (χ1n) is 9.49. The molecule has 174 valence electrons. The lowest BCUT2D eigenvalue weighted by Crippen LogP contribution is -2.46. The lowest BCUT2D eigenvalue weighted by Gasteiger charge is -2.23. The number of hydrogen-bond donors (Lipinski definition) is 1. The van der Waals surface area contributed by atoms with Crippen LogP contribution in [0.4, 0.5) is 13.2 Å². The molecular weight excluding hydrogens is 431 g/mol. The van der Waals surface area contributed by atoms with E-state index < -0.39 is 35.8 Å². The van der Waals surface area contributed by atoms with Crippen molar-refractivity contribution in [2.24, 2.45) is 0 Å². The van der Waals surface area contributed by atoms with E-state index in [1.807, 2.05) is 0 Å². The number of ether oxygens (including phenoxy) is 1. The normalized spacial score (nSPS) is 11.8. The summed E-state index contributed by atoms with van der Waals surface area (Å²) in [7, 11) is 1.40. The average molecular weight is 455 g/mol. The molecule has 0 saturated carbocycles. The maximum atomic E-state index is 12.7. The van der Waals surface area contributed by atoms with E-state index in [2.05, 4.69) is 15.4 Å². The van der Waals surface area contributed by atoms with E-state index in [0.717, 1.165) is 17.0 Å². The number of aromatic nitrogens is 3. The van der Waals surface area contributed by atoms with Gasteiger partial charge in [0, 0.05) is 18.8 Å². The van der Waals surface area contributed by atoms with E-state index >= 15 is 0 Å². The van der Waals surface area contributed by atoms with Gasteiger partial charge in [-0.05, 0) is 39.8 Å². The van der Waals surface area contributed by atoms with Crippen molar-refractivity contribution in [1.29, 1.82) is 0 Å². The van der Waals surface area contributed by atoms with E-state index in [1.165, 1.54) is 24.9 Å². The lowest BCUT2D eigenvalue weighted by atomic mass is 10.1. The smallest absolute Gasteiger partial charge is 0.417 e. The van der Waals surface area contributed by atoms with Crippen LogP contribution in [0, 0.1) is 6.92 Å². The third-order valence-corrected chi connectivity index (χ3v) is 4.17. The Labute approximate surface area is 182 Å². The van der Waals surface area contributed by atoms with Crippen LogP contribution < -0.4 is 5.32 Å². The van der Waals surface area contributed by atoms with Crippen molar-refractivity contribution in [3.8, 4) is 5.82 Å². The second kappa shape index (κ2) is 9.37. The molecule has 2 amide bonds. The highest BCUT2D eigenvalue weighted by atomic mass is 19.4. The number of carbonyl (C=O) groups is 3. The highest BCUT2D eigenvalue weighted by Crippen LogP contribution is 2.28. The summed E-state index contributed by atoms with van der Waals surface area (Å²) in [4.78, 5) is 41.2. The maximum Gasteiger partial charge on any atom is 0.417 e. The van der Waals surface area contributed by atoms with Crippen molar-refractivity contribution in [2.45, 2.75) is 39.4 Å². The zero-order valence-corrected chi connectivity index (χ0v) is 18.3. The third-order valence-electron chi connectivity index (χ3n) is 4.17. The number of amides is 2. The van der Waals surface area contributed by atoms with Gasteiger partial charge in [0.2, 0.25) is 5.91 Å². The summed E-state index contributed by atoms with van der Waals surface area (Å²) in [5.41, 5.74) is -1.07. The van der Waals surface area contributed by atoms with E-state index in [4.69, 9.17) is 4.74 Å². The average Bonchev–Trinajstić information content (AvgIpc) is 3.05. The molecule has 2 heterocycles. The van der Waals surface area contributed by atoms with Crippen LogP contribution in [0.2, 0.25) is 0 Å². The van der Waals surface area contributed by atoms with Gasteiger partial charge in [-0.2, -0.15) is 18.3 Å². The summed E-state index contributed by atoms with van der Waals surface area (Å²) < 4.78 is 44.2. The van der Waals surface area contributed by atoms with Crippen LogP contribution in [0.5, 0.6) is 0 Å². The van der Waals surface area contributed by atoms with Crippen molar-refractivity contribution >= 4 is 17.8 Å². The maximum absolute atomic E-state index is 12.7. The Hall–Kier alpha value is -3.44. The Bertz CT molecular complexity index is 994. The van der Waals surface area contributed by atoms with Gasteiger partial charge in [0.25, 0.3) is 5.91 Å². The van der Waals surface area contributed by atoms with Gasteiger partial charge in [-0.1, -0.05) is 0 Å². The summed E-state index contributed by atoms with van der Waals surface area (Å²) >= 11 is 0. The van der Waals surface area contributed by atoms with E-state index in [0.29, 0.717) is 6.20 Å². The lowest BCUT2D eigenvalue weighted by molar-refractivity contribution is -0.138. The number of likely N-dealkylation sites (N-methyl/N-ethyl adjacent to an activating group) is 1. The molecule has 0 aliphatic carbocycles. The van der Waals surface area contributed by atoms with Crippen LogP contribution in [0.1, 0.15) is 42.4 Å². The quantitative estimate of drug-likeness (QED) is 0.669. The Kier molecular flexibility index (Phi) is 7.27. The highest BCUT2D eigenvalue weighted by Gasteiger charge is 2.31. The van der Waals surface area contributed by atoms with Crippen LogP contribution in [-0.4, -0.2) is 63.2 Å². The molecule has 2 rings (SSSR count). The fourth-order valence-electron chi connectivity index (χ4n) is 2.60. The number of rotatable bonds is 6. The minimum absolute atomic E-state index is 0.0210. The van der Waals surface area contributed by atoms with Crippen LogP contribution in [0.15, 0.2) is 24.5 Å². The van der Waals surface area contributed by atoms with Gasteiger partial charge in [-0.25, -0.2) is 14.5 Å². The zero-order valence-electron chi connectivity index (χ0n) is 18.3. The van der Waals surface area contributed by atoms with Gasteiger partial charge >= 0.3 is 12.1 Å². The molecule has 9 nitrogen and oxygen atoms in total. The van der Waals surface area contributed by atoms with Gasteiger partial charge in [-0.15, -0.1) is 0 Å². The molecule has 0 spiro atoms. The number of nitrogens with one attached hydrogen (secondary N) is 1. The largest absolute Gasteiger partial charge is 0.452 e. The van der Waals surface area contributed by atoms with Crippen molar-refractivity contribution in [3.63, 3.8) is 0 Å². The highest BCUT2D eigenvalue weighted by molar-refractivity contribution is 5.92. The fourth-order valence-corrected chi connectivity index (χ4v) is 2.60. The number of halogens is 3. The number of nitrogens with zero attached hydrogens (tertiary/aromatic N) is 4. The first kappa shape index (κ1) is 24.8. The first-order chi connectivity index (χ1) is 14.7. The second-order valence-corrected chi connectivity index (χ2v) is 8.08. The Morgan fingerprint density at radius 3 is 2.34 bits per heavy atom. The fraction of sp³-hybridized carbons (Fsp3) is 0.450. The molecule has 0 atom stereocenters. The molecule has 0 aromatic carbocycles. The minimum Gasteiger partial charge on any atom is -0.452 e. The zero-order chi connectivity index (χ0) is 24.3. The molecule has 0 bridgehead atoms. The van der Waals surface area contributed by atoms with Crippen LogP contribution in [0.25, 0.3) is 5.82 Å². The van der Waals surface area contributed by atoms with Gasteiger partial charge in [0.05, 0.1) is 24.0 Å². The van der Waals surface area contributed by atoms with Gasteiger partial charge < -0.3 is 15.0 Å². The first-order valence-corrected chi connectivity index (χ1v) is 9.49. The molecule has 2 aromatic rings. The molecule has 32 heavy (non-hydrogen) atoms. The standard InChI is InChI=1S/C20H24F3N5O4/c1-12-14(9-25-28(12)15-7-6-13(8-24-15)20(21,22)23)18(31)32-11-17(30)27(5)10-16(29)26-19(2,3)4/h6-9H,10-11H2,1-5H3,(H,26,29). The molecule has 0 unspecified atom stereocenters. The van der Waals surface area contributed by atoms with Gasteiger partial charge in [0.1, 0.15) is 5.56 Å². The Morgan fingerprint density at radius 2 is 1.81 bits per heavy atom. The number of esters is 1. The third kappa shape index (κ3) is 6.53. The predicted octanol–water partition coefficient (Wildman–Crippen LogP) is 2.12. The molecule has 12 heteroatoms. The summed E-state index contributed by atoms with van der Waals surface area (Å²) in [5.74, 6) is -1.71. The van der Waals surface area contributed by atoms with Crippen LogP contribution in [-0.2, 0) is 20.5 Å². The van der Waals surface area contributed by atoms with Crippen molar-refractivity contribution < 1.29 is 32.3 Å². The monoisotopic (exact) mass is 455 g/mol. The number of carbonyl (C=O) groups excluding carboxylic acids is 3.